The number of benzene rings is 3. The summed E-state index contributed by atoms with van der Waals surface area (Å²) < 4.78 is 36.2. The molecule has 2 aromatic heterocycles. The number of nitrogens with two attached hydrogens (primary N) is 1. The van der Waals surface area contributed by atoms with Gasteiger partial charge in [0.1, 0.15) is 59.4 Å². The van der Waals surface area contributed by atoms with E-state index in [0.717, 1.165) is 29.1 Å². The number of imide groups is 2. The second-order valence-corrected chi connectivity index (χ2v) is 18.4. The van der Waals surface area contributed by atoms with Crippen molar-refractivity contribution in [1.29, 1.82) is 5.26 Å². The summed E-state index contributed by atoms with van der Waals surface area (Å²) in [7, 11) is 0. The van der Waals surface area contributed by atoms with Gasteiger partial charge in [0, 0.05) is 31.7 Å². The van der Waals surface area contributed by atoms with Gasteiger partial charge in [-0.05, 0) is 86.1 Å². The minimum Gasteiger partial charge on any atom is -0.490 e. The predicted octanol–water partition coefficient (Wildman–Crippen LogP) is 5.83. The number of likely N-dealkylation sites (tertiary alicyclic amines) is 1. The number of nitrogens with zero attached hydrogens (tertiary/aromatic N) is 7. The number of para-hydroxylation sites is 1. The van der Waals surface area contributed by atoms with E-state index in [-0.39, 0.29) is 60.5 Å². The molecule has 3 aromatic carbocycles. The van der Waals surface area contributed by atoms with Gasteiger partial charge in [-0.1, -0.05) is 44.2 Å². The smallest absolute Gasteiger partial charge is 0.266 e. The number of nitrogen functional groups attached to an aromatic ring is 1. The second kappa shape index (κ2) is 24.2. The third-order valence-corrected chi connectivity index (χ3v) is 12.7. The highest BCUT2D eigenvalue weighted by molar-refractivity contribution is 6.24. The van der Waals surface area contributed by atoms with Crippen LogP contribution in [0.2, 0.25) is 0 Å². The van der Waals surface area contributed by atoms with Crippen molar-refractivity contribution in [3.8, 4) is 34.6 Å². The van der Waals surface area contributed by atoms with Crippen molar-refractivity contribution < 1.29 is 52.4 Å². The summed E-state index contributed by atoms with van der Waals surface area (Å²) in [5.74, 6) is -0.744. The van der Waals surface area contributed by atoms with E-state index in [1.807, 2.05) is 73.1 Å². The SMILES string of the molecule is CC(C)(/C=C(\C#N)C(=O)N1CCC[C@H](n2nc(-c3ccc(Oc4ccccc4)cc3)c3c(N)ncnc32)C1)CCCOCCOCCOCCOCCOc1cccc2c1C(=O)N(C1CCC(=O)NC1=O)C2=O. The largest absolute Gasteiger partial charge is 0.490 e. The molecule has 20 nitrogen and oxygen atoms in total. The fourth-order valence-electron chi connectivity index (χ4n) is 9.08. The lowest BCUT2D eigenvalue weighted by Gasteiger charge is -2.33. The van der Waals surface area contributed by atoms with Gasteiger partial charge in [0.05, 0.1) is 68.8 Å². The normalized spacial score (nSPS) is 17.2. The minimum absolute atomic E-state index is 0.0361. The Hall–Kier alpha value is -7.57. The average Bonchev–Trinajstić information content (AvgIpc) is 3.91. The molecule has 20 heteroatoms. The highest BCUT2D eigenvalue weighted by Gasteiger charge is 2.46. The number of hydrogen-bond donors (Lipinski definition) is 2. The van der Waals surface area contributed by atoms with E-state index in [2.05, 4.69) is 21.4 Å². The number of ether oxygens (including phenoxy) is 6. The third-order valence-electron chi connectivity index (χ3n) is 12.7. The molecule has 382 valence electrons. The minimum atomic E-state index is -1.06. The Morgan fingerprint density at radius 1 is 0.836 bits per heavy atom. The zero-order chi connectivity index (χ0) is 51.3. The average molecular weight is 998 g/mol. The summed E-state index contributed by atoms with van der Waals surface area (Å²) in [5, 5.41) is 18.0. The Morgan fingerprint density at radius 2 is 1.52 bits per heavy atom. The molecule has 2 fully saturated rings. The quantitative estimate of drug-likeness (QED) is 0.0319. The van der Waals surface area contributed by atoms with Gasteiger partial charge in [0.2, 0.25) is 11.8 Å². The van der Waals surface area contributed by atoms with Crippen molar-refractivity contribution >= 4 is 46.4 Å². The summed E-state index contributed by atoms with van der Waals surface area (Å²) >= 11 is 0. The molecule has 0 bridgehead atoms. The van der Waals surface area contributed by atoms with Crippen LogP contribution in [0.1, 0.15) is 79.1 Å². The fourth-order valence-corrected chi connectivity index (χ4v) is 9.08. The molecule has 2 saturated heterocycles. The lowest BCUT2D eigenvalue weighted by Crippen LogP contribution is -2.54. The molecular formula is C53H59N9O11. The van der Waals surface area contributed by atoms with E-state index in [1.54, 1.807) is 23.1 Å². The van der Waals surface area contributed by atoms with Crippen molar-refractivity contribution in [2.24, 2.45) is 5.41 Å². The third kappa shape index (κ3) is 12.7. The number of allylic oxidation sites excluding steroid dienone is 1. The number of fused-ring (bicyclic) bond motifs is 2. The molecule has 5 amide bonds. The number of rotatable bonds is 24. The first kappa shape index (κ1) is 51.8. The lowest BCUT2D eigenvalue weighted by molar-refractivity contribution is -0.136. The number of nitriles is 1. The van der Waals surface area contributed by atoms with E-state index >= 15 is 0 Å². The van der Waals surface area contributed by atoms with Gasteiger partial charge in [-0.15, -0.1) is 0 Å². The molecule has 0 saturated carbocycles. The summed E-state index contributed by atoms with van der Waals surface area (Å²) in [5.41, 5.74) is 8.33. The molecular weight excluding hydrogens is 939 g/mol. The maximum Gasteiger partial charge on any atom is 0.266 e. The van der Waals surface area contributed by atoms with Crippen LogP contribution < -0.4 is 20.5 Å². The van der Waals surface area contributed by atoms with Crippen molar-refractivity contribution in [1.82, 2.24) is 34.9 Å². The molecule has 3 N–H and O–H groups in total. The van der Waals surface area contributed by atoms with Crippen LogP contribution in [0, 0.1) is 16.7 Å². The van der Waals surface area contributed by atoms with Crippen molar-refractivity contribution in [3.05, 3.63) is 102 Å². The monoisotopic (exact) mass is 997 g/mol. The van der Waals surface area contributed by atoms with E-state index in [0.29, 0.717) is 100 Å². The van der Waals surface area contributed by atoms with Crippen LogP contribution in [0.15, 0.2) is 90.8 Å². The number of hydrogen-bond acceptors (Lipinski definition) is 16. The first-order chi connectivity index (χ1) is 35.4. The van der Waals surface area contributed by atoms with Crippen molar-refractivity contribution in [2.45, 2.75) is 64.5 Å². The van der Waals surface area contributed by atoms with Crippen molar-refractivity contribution in [3.63, 3.8) is 0 Å². The van der Waals surface area contributed by atoms with E-state index in [1.165, 1.54) is 12.4 Å². The number of carbonyl (C=O) groups is 5. The maximum absolute atomic E-state index is 13.9. The van der Waals surface area contributed by atoms with Crippen molar-refractivity contribution in [2.75, 3.05) is 78.3 Å². The van der Waals surface area contributed by atoms with Gasteiger partial charge in [-0.2, -0.15) is 10.4 Å². The Kier molecular flexibility index (Phi) is 17.2. The van der Waals surface area contributed by atoms with Gasteiger partial charge in [-0.3, -0.25) is 34.2 Å². The van der Waals surface area contributed by atoms with Crippen LogP contribution in [0.3, 0.4) is 0 Å². The first-order valence-electron chi connectivity index (χ1n) is 24.4. The van der Waals surface area contributed by atoms with Crippen LogP contribution in [0.4, 0.5) is 5.82 Å². The topological polar surface area (TPSA) is 253 Å². The molecule has 0 radical (unpaired) electrons. The number of anilines is 1. The number of amides is 5. The molecule has 1 unspecified atom stereocenters. The van der Waals surface area contributed by atoms with Crippen LogP contribution in [0.5, 0.6) is 17.2 Å². The summed E-state index contributed by atoms with van der Waals surface area (Å²) in [6.07, 6.45) is 6.18. The molecule has 73 heavy (non-hydrogen) atoms. The number of nitrogens with one attached hydrogen (secondary N) is 1. The number of carbonyl (C=O) groups excluding carboxylic acids is 5. The Labute approximate surface area is 422 Å². The summed E-state index contributed by atoms with van der Waals surface area (Å²) in [6, 6.07) is 22.7. The second-order valence-electron chi connectivity index (χ2n) is 18.4. The summed E-state index contributed by atoms with van der Waals surface area (Å²) in [4.78, 5) is 75.6. The maximum atomic E-state index is 13.9. The Bertz CT molecular complexity index is 2860. The van der Waals surface area contributed by atoms with Gasteiger partial charge in [-0.25, -0.2) is 14.6 Å². The molecule has 0 spiro atoms. The van der Waals surface area contributed by atoms with E-state index in [4.69, 9.17) is 39.3 Å². The van der Waals surface area contributed by atoms with Crippen LogP contribution in [-0.4, -0.2) is 138 Å². The van der Waals surface area contributed by atoms with Crippen LogP contribution in [-0.2, 0) is 33.3 Å². The molecule has 8 rings (SSSR count). The zero-order valence-electron chi connectivity index (χ0n) is 41.0. The standard InChI is InChI=1S/C53H59N9O11/c1-53(2,20-8-22-68-23-24-69-25-26-70-27-28-71-29-30-72-42-13-6-12-40-44(42)52(67)61(51(40)66)41-18-19-43(63)58-49(41)64)31-36(32-54)50(65)60-21-7-9-37(33-60)62-48-45(47(55)56-34-57-48)46(59-62)35-14-16-39(17-15-35)73-38-10-4-3-5-11-38/h3-6,10-17,31,34,37,41H,7-9,18-30,33H2,1-2H3,(H2,55,56,57)(H,58,63,64)/b36-31+/t37-,41?/m0/s1. The van der Waals surface area contributed by atoms with E-state index < -0.39 is 35.1 Å². The first-order valence-corrected chi connectivity index (χ1v) is 24.4. The van der Waals surface area contributed by atoms with Gasteiger partial charge in [0.15, 0.2) is 5.65 Å². The molecule has 2 atom stereocenters. The fraction of sp³-hybridized carbons (Fsp3) is 0.415. The van der Waals surface area contributed by atoms with Crippen LogP contribution >= 0.6 is 0 Å². The molecule has 5 aromatic rings. The van der Waals surface area contributed by atoms with Gasteiger partial charge >= 0.3 is 0 Å². The number of piperidine rings is 2. The zero-order valence-corrected chi connectivity index (χ0v) is 41.0. The number of aromatic nitrogens is 4. The highest BCUT2D eigenvalue weighted by Crippen LogP contribution is 2.37. The van der Waals surface area contributed by atoms with Crippen LogP contribution in [0.25, 0.3) is 22.3 Å². The Morgan fingerprint density at radius 3 is 2.22 bits per heavy atom. The van der Waals surface area contributed by atoms with Gasteiger partial charge < -0.3 is 39.1 Å². The molecule has 3 aliphatic rings. The Balaban J connectivity index is 0.699. The highest BCUT2D eigenvalue weighted by atomic mass is 16.6. The lowest BCUT2D eigenvalue weighted by atomic mass is 9.85. The summed E-state index contributed by atoms with van der Waals surface area (Å²) in [6.45, 7) is 7.83. The predicted molar refractivity (Wildman–Crippen MR) is 265 cm³/mol. The molecule has 0 aliphatic carbocycles. The molecule has 5 heterocycles. The van der Waals surface area contributed by atoms with Gasteiger partial charge in [0.25, 0.3) is 17.7 Å². The van der Waals surface area contributed by atoms with E-state index in [9.17, 15) is 29.2 Å². The molecule has 3 aliphatic heterocycles.